The second-order valence-corrected chi connectivity index (χ2v) is 5.07. The molecule has 0 aliphatic carbocycles. The van der Waals surface area contributed by atoms with E-state index in [1.54, 1.807) is 18.3 Å². The number of imidazole rings is 1. The summed E-state index contributed by atoms with van der Waals surface area (Å²) in [5.74, 6) is 0.744. The maximum Gasteiger partial charge on any atom is 0.236 e. The lowest BCUT2D eigenvalue weighted by Gasteiger charge is -2.02. The first-order valence-electron chi connectivity index (χ1n) is 6.10. The van der Waals surface area contributed by atoms with E-state index in [-0.39, 0.29) is 11.7 Å². The van der Waals surface area contributed by atoms with Crippen molar-refractivity contribution in [3.63, 3.8) is 0 Å². The number of benzene rings is 1. The summed E-state index contributed by atoms with van der Waals surface area (Å²) in [5.41, 5.74) is 1.88. The molecular formula is C14H12N4OS. The average Bonchev–Trinajstić information content (AvgIpc) is 2.89. The molecule has 0 spiro atoms. The quantitative estimate of drug-likeness (QED) is 0.723. The molecule has 2 N–H and O–H groups in total. The average molecular weight is 284 g/mol. The monoisotopic (exact) mass is 284 g/mol. The van der Waals surface area contributed by atoms with Crippen LogP contribution in [0.25, 0.3) is 11.0 Å². The molecule has 5 nitrogen and oxygen atoms in total. The van der Waals surface area contributed by atoms with Gasteiger partial charge in [0.1, 0.15) is 5.82 Å². The van der Waals surface area contributed by atoms with E-state index < -0.39 is 0 Å². The van der Waals surface area contributed by atoms with Gasteiger partial charge >= 0.3 is 0 Å². The zero-order chi connectivity index (χ0) is 13.8. The molecule has 2 heterocycles. The number of rotatable bonds is 4. The number of pyridine rings is 1. The second kappa shape index (κ2) is 5.75. The third-order valence-electron chi connectivity index (χ3n) is 2.64. The third-order valence-corrected chi connectivity index (χ3v) is 3.51. The summed E-state index contributed by atoms with van der Waals surface area (Å²) in [7, 11) is 0. The number of nitrogens with one attached hydrogen (secondary N) is 2. The van der Waals surface area contributed by atoms with E-state index >= 15 is 0 Å². The van der Waals surface area contributed by atoms with Crippen LogP contribution in [0.2, 0.25) is 0 Å². The molecule has 0 aliphatic rings. The summed E-state index contributed by atoms with van der Waals surface area (Å²) < 4.78 is 0. The molecule has 0 atom stereocenters. The van der Waals surface area contributed by atoms with Crippen molar-refractivity contribution in [3.8, 4) is 0 Å². The van der Waals surface area contributed by atoms with Gasteiger partial charge in [-0.15, -0.1) is 0 Å². The normalized spacial score (nSPS) is 10.6. The van der Waals surface area contributed by atoms with Gasteiger partial charge in [-0.2, -0.15) is 0 Å². The van der Waals surface area contributed by atoms with Crippen molar-refractivity contribution in [1.29, 1.82) is 0 Å². The summed E-state index contributed by atoms with van der Waals surface area (Å²) in [6.07, 6.45) is 1.64. The standard InChI is InChI=1S/C14H12N4OS/c19-13(18-12-7-3-4-8-15-12)9-20-14-16-10-5-1-2-6-11(10)17-14/h1-8H,9H2,(H,16,17)(H,15,18,19). The number of hydrogen-bond donors (Lipinski definition) is 2. The molecule has 0 bridgehead atoms. The molecule has 0 radical (unpaired) electrons. The zero-order valence-electron chi connectivity index (χ0n) is 10.5. The van der Waals surface area contributed by atoms with Gasteiger partial charge in [0.25, 0.3) is 0 Å². The predicted octanol–water partition coefficient (Wildman–Crippen LogP) is 2.69. The molecule has 0 saturated carbocycles. The highest BCUT2D eigenvalue weighted by Crippen LogP contribution is 2.19. The fraction of sp³-hybridized carbons (Fsp3) is 0.0714. The first-order valence-corrected chi connectivity index (χ1v) is 7.08. The van der Waals surface area contributed by atoms with E-state index in [9.17, 15) is 4.79 Å². The minimum Gasteiger partial charge on any atom is -0.333 e. The third kappa shape index (κ3) is 2.97. The maximum absolute atomic E-state index is 11.8. The summed E-state index contributed by atoms with van der Waals surface area (Å²) in [5, 5.41) is 3.47. The molecule has 100 valence electrons. The first-order chi connectivity index (χ1) is 9.81. The van der Waals surface area contributed by atoms with Crippen LogP contribution >= 0.6 is 11.8 Å². The lowest BCUT2D eigenvalue weighted by atomic mass is 10.3. The predicted molar refractivity (Wildman–Crippen MR) is 79.7 cm³/mol. The van der Waals surface area contributed by atoms with Gasteiger partial charge in [0.05, 0.1) is 16.8 Å². The van der Waals surface area contributed by atoms with Gasteiger partial charge in [0.15, 0.2) is 5.16 Å². The van der Waals surface area contributed by atoms with Crippen molar-refractivity contribution in [2.75, 3.05) is 11.1 Å². The fourth-order valence-corrected chi connectivity index (χ4v) is 2.43. The van der Waals surface area contributed by atoms with Crippen molar-refractivity contribution < 1.29 is 4.79 Å². The zero-order valence-corrected chi connectivity index (χ0v) is 11.4. The molecule has 0 unspecified atom stereocenters. The number of amides is 1. The molecule has 1 aromatic carbocycles. The number of hydrogen-bond acceptors (Lipinski definition) is 4. The van der Waals surface area contributed by atoms with E-state index in [0.29, 0.717) is 5.82 Å². The van der Waals surface area contributed by atoms with E-state index in [1.807, 2.05) is 30.3 Å². The van der Waals surface area contributed by atoms with Crippen LogP contribution < -0.4 is 5.32 Å². The molecule has 1 amide bonds. The molecule has 2 aromatic heterocycles. The van der Waals surface area contributed by atoms with Gasteiger partial charge < -0.3 is 10.3 Å². The Kier molecular flexibility index (Phi) is 3.64. The number of aromatic amines is 1. The van der Waals surface area contributed by atoms with Crippen molar-refractivity contribution >= 4 is 34.5 Å². The maximum atomic E-state index is 11.8. The van der Waals surface area contributed by atoms with Crippen LogP contribution in [0.15, 0.2) is 53.8 Å². The number of anilines is 1. The highest BCUT2D eigenvalue weighted by atomic mass is 32.2. The van der Waals surface area contributed by atoms with Gasteiger partial charge in [-0.05, 0) is 24.3 Å². The molecule has 20 heavy (non-hydrogen) atoms. The van der Waals surface area contributed by atoms with Crippen LogP contribution in [0, 0.1) is 0 Å². The van der Waals surface area contributed by atoms with Crippen LogP contribution in [0.4, 0.5) is 5.82 Å². The van der Waals surface area contributed by atoms with Crippen LogP contribution in [-0.4, -0.2) is 26.6 Å². The van der Waals surface area contributed by atoms with Crippen LogP contribution in [-0.2, 0) is 4.79 Å². The number of thioether (sulfide) groups is 1. The Morgan fingerprint density at radius 2 is 2.05 bits per heavy atom. The summed E-state index contributed by atoms with van der Waals surface area (Å²) in [6, 6.07) is 13.2. The van der Waals surface area contributed by atoms with E-state index in [1.165, 1.54) is 11.8 Å². The van der Waals surface area contributed by atoms with E-state index in [2.05, 4.69) is 20.3 Å². The van der Waals surface area contributed by atoms with Crippen LogP contribution in [0.5, 0.6) is 0 Å². The van der Waals surface area contributed by atoms with Crippen molar-refractivity contribution in [3.05, 3.63) is 48.7 Å². The Morgan fingerprint density at radius 3 is 2.85 bits per heavy atom. The number of carbonyl (C=O) groups excluding carboxylic acids is 1. The Labute approximate surface area is 119 Å². The summed E-state index contributed by atoms with van der Waals surface area (Å²) in [4.78, 5) is 23.4. The van der Waals surface area contributed by atoms with Crippen LogP contribution in [0.3, 0.4) is 0 Å². The molecule has 0 saturated heterocycles. The number of fused-ring (bicyclic) bond motifs is 1. The van der Waals surface area contributed by atoms with Crippen LogP contribution in [0.1, 0.15) is 0 Å². The minimum absolute atomic E-state index is 0.103. The topological polar surface area (TPSA) is 70.7 Å². The minimum atomic E-state index is -0.103. The molecule has 3 aromatic rings. The lowest BCUT2D eigenvalue weighted by molar-refractivity contribution is -0.113. The van der Waals surface area contributed by atoms with E-state index in [0.717, 1.165) is 16.2 Å². The molecule has 3 rings (SSSR count). The number of carbonyl (C=O) groups is 1. The second-order valence-electron chi connectivity index (χ2n) is 4.11. The molecule has 0 aliphatic heterocycles. The largest absolute Gasteiger partial charge is 0.333 e. The number of aromatic nitrogens is 3. The van der Waals surface area contributed by atoms with Gasteiger partial charge in [-0.3, -0.25) is 4.79 Å². The highest BCUT2D eigenvalue weighted by molar-refractivity contribution is 7.99. The van der Waals surface area contributed by atoms with Gasteiger partial charge in [-0.1, -0.05) is 30.0 Å². The fourth-order valence-electron chi connectivity index (χ4n) is 1.75. The van der Waals surface area contributed by atoms with E-state index in [4.69, 9.17) is 0 Å². The van der Waals surface area contributed by atoms with Crippen molar-refractivity contribution in [2.24, 2.45) is 0 Å². The van der Waals surface area contributed by atoms with Crippen molar-refractivity contribution in [2.45, 2.75) is 5.16 Å². The number of nitrogens with zero attached hydrogens (tertiary/aromatic N) is 2. The van der Waals surface area contributed by atoms with Gasteiger partial charge in [0.2, 0.25) is 5.91 Å². The first kappa shape index (κ1) is 12.7. The van der Waals surface area contributed by atoms with Crippen molar-refractivity contribution in [1.82, 2.24) is 15.0 Å². The smallest absolute Gasteiger partial charge is 0.236 e. The highest BCUT2D eigenvalue weighted by Gasteiger charge is 2.07. The Bertz CT molecular complexity index is 693. The lowest BCUT2D eigenvalue weighted by Crippen LogP contribution is -2.14. The molecule has 0 fully saturated rings. The summed E-state index contributed by atoms with van der Waals surface area (Å²) in [6.45, 7) is 0. The Balaban J connectivity index is 1.60. The molecular weight excluding hydrogens is 272 g/mol. The number of para-hydroxylation sites is 2. The molecule has 6 heteroatoms. The Morgan fingerprint density at radius 1 is 1.20 bits per heavy atom. The van der Waals surface area contributed by atoms with Gasteiger partial charge in [-0.25, -0.2) is 9.97 Å². The number of H-pyrrole nitrogens is 1. The van der Waals surface area contributed by atoms with Gasteiger partial charge in [0, 0.05) is 6.20 Å². The SMILES string of the molecule is O=C(CSc1nc2ccccc2[nH]1)Nc1ccccn1. The Hall–Kier alpha value is -2.34. The summed E-state index contributed by atoms with van der Waals surface area (Å²) >= 11 is 1.37.